The number of nitrogens with one attached hydrogen (secondary N) is 1. The fraction of sp³-hybridized carbons (Fsp3) is 0.594. The molecular weight excluding hydrogens is 644 g/mol. The number of nitrogens with two attached hydrogens (primary N) is 1. The molecule has 2 aromatic heterocycles. The maximum absolute atomic E-state index is 16.8. The molecule has 48 heavy (non-hydrogen) atoms. The van der Waals surface area contributed by atoms with Crippen LogP contribution in [0.2, 0.25) is 0 Å². The molecule has 5 fully saturated rings. The second kappa shape index (κ2) is 10.2. The summed E-state index contributed by atoms with van der Waals surface area (Å²) in [5.41, 5.74) is 0.878. The molecule has 3 aromatic rings. The molecule has 5 atom stereocenters. The predicted octanol–water partition coefficient (Wildman–Crippen LogP) is 4.16. The number of aryl methyl sites for hydroxylation is 1. The van der Waals surface area contributed by atoms with E-state index in [1.807, 2.05) is 4.90 Å². The lowest BCUT2D eigenvalue weighted by molar-refractivity contribution is -0.137. The van der Waals surface area contributed by atoms with Gasteiger partial charge in [-0.25, -0.2) is 18.2 Å². The highest BCUT2D eigenvalue weighted by atomic mass is 19.4. The predicted molar refractivity (Wildman–Crippen MR) is 161 cm³/mol. The Morgan fingerprint density at radius 2 is 1.94 bits per heavy atom. The van der Waals surface area contributed by atoms with Crippen molar-refractivity contribution in [1.82, 2.24) is 25.2 Å². The number of fused-ring (bicyclic) bond motifs is 6. The molecule has 0 aliphatic carbocycles. The van der Waals surface area contributed by atoms with Crippen molar-refractivity contribution in [2.75, 3.05) is 56.7 Å². The van der Waals surface area contributed by atoms with Crippen LogP contribution in [0, 0.1) is 24.0 Å². The van der Waals surface area contributed by atoms with Gasteiger partial charge in [0, 0.05) is 43.6 Å². The summed E-state index contributed by atoms with van der Waals surface area (Å²) in [6.45, 7) is 3.64. The lowest BCUT2D eigenvalue weighted by Crippen LogP contribution is -2.60. The third kappa shape index (κ3) is 4.40. The Labute approximate surface area is 270 Å². The Kier molecular flexibility index (Phi) is 6.47. The zero-order valence-corrected chi connectivity index (χ0v) is 26.0. The minimum Gasteiger partial charge on any atom is -0.487 e. The molecule has 6 aliphatic rings. The van der Waals surface area contributed by atoms with Gasteiger partial charge < -0.3 is 30.2 Å². The van der Waals surface area contributed by atoms with E-state index >= 15 is 8.78 Å². The fourth-order valence-electron chi connectivity index (χ4n) is 9.19. The van der Waals surface area contributed by atoms with Gasteiger partial charge in [-0.2, -0.15) is 23.1 Å². The summed E-state index contributed by atoms with van der Waals surface area (Å²) in [7, 11) is 0. The first-order chi connectivity index (χ1) is 22.8. The van der Waals surface area contributed by atoms with Crippen molar-refractivity contribution in [3.8, 4) is 23.0 Å². The summed E-state index contributed by atoms with van der Waals surface area (Å²) in [5, 5.41) is 3.43. The molecule has 3 N–H and O–H groups in total. The minimum absolute atomic E-state index is 0.00354. The topological polar surface area (TPSA) is 111 Å². The molecule has 10 nitrogen and oxygen atoms in total. The molecule has 256 valence electrons. The third-order valence-corrected chi connectivity index (χ3v) is 11.1. The summed E-state index contributed by atoms with van der Waals surface area (Å²) in [5.74, 6) is -3.37. The molecule has 5 saturated heterocycles. The number of aromatic nitrogens is 3. The Balaban J connectivity index is 1.22. The standard InChI is InChI=1S/C32H33F6N7O3/c1-14-4-19(39)41-25(22(14)32(36,37)38)20-23(34)26-21-27(24(20)35)47-8-18-17-3-2-16(40-17)7-45(18)28(21)43-29(42-26)48-13-31-5-15(33)6-44(31)10-30(9-31)11-46-12-30/h4,15-18,40H,2-3,5-13H2,1H3,(H2,39,41)/t15-,16?,17?,18?,31-/m1/s1. The second-order valence-corrected chi connectivity index (χ2v) is 14.4. The summed E-state index contributed by atoms with van der Waals surface area (Å²) in [6.07, 6.45) is -3.47. The average molecular weight is 678 g/mol. The molecule has 2 bridgehead atoms. The molecular formula is C32H33F6N7O3. The quantitative estimate of drug-likeness (QED) is 0.391. The van der Waals surface area contributed by atoms with Gasteiger partial charge in [-0.3, -0.25) is 4.90 Å². The Morgan fingerprint density at radius 3 is 2.69 bits per heavy atom. The number of piperazine rings is 1. The van der Waals surface area contributed by atoms with Gasteiger partial charge in [-0.15, -0.1) is 0 Å². The molecule has 1 aromatic carbocycles. The summed E-state index contributed by atoms with van der Waals surface area (Å²) in [4.78, 5) is 16.9. The van der Waals surface area contributed by atoms with Crippen LogP contribution in [0.15, 0.2) is 6.07 Å². The summed E-state index contributed by atoms with van der Waals surface area (Å²) < 4.78 is 109. The molecule has 16 heteroatoms. The van der Waals surface area contributed by atoms with Crippen molar-refractivity contribution in [2.24, 2.45) is 5.41 Å². The summed E-state index contributed by atoms with van der Waals surface area (Å²) >= 11 is 0. The van der Waals surface area contributed by atoms with E-state index in [4.69, 9.17) is 24.9 Å². The highest BCUT2D eigenvalue weighted by Crippen LogP contribution is 2.52. The van der Waals surface area contributed by atoms with E-state index in [0.29, 0.717) is 32.7 Å². The zero-order valence-electron chi connectivity index (χ0n) is 26.0. The van der Waals surface area contributed by atoms with Crippen molar-refractivity contribution in [3.63, 3.8) is 0 Å². The number of alkyl halides is 4. The molecule has 0 amide bonds. The van der Waals surface area contributed by atoms with E-state index < -0.39 is 57.6 Å². The van der Waals surface area contributed by atoms with E-state index in [-0.39, 0.29) is 78.3 Å². The number of rotatable bonds is 4. The van der Waals surface area contributed by atoms with Crippen LogP contribution < -0.4 is 25.4 Å². The van der Waals surface area contributed by atoms with Crippen LogP contribution in [-0.4, -0.2) is 95.7 Å². The number of ether oxygens (including phenoxy) is 3. The molecule has 8 heterocycles. The smallest absolute Gasteiger partial charge is 0.418 e. The highest BCUT2D eigenvalue weighted by molar-refractivity contribution is 5.99. The number of hydrogen-bond donors (Lipinski definition) is 2. The van der Waals surface area contributed by atoms with E-state index in [2.05, 4.69) is 20.2 Å². The number of hydrogen-bond acceptors (Lipinski definition) is 10. The number of nitrogens with zero attached hydrogens (tertiary/aromatic N) is 5. The number of pyridine rings is 1. The first kappa shape index (κ1) is 30.4. The zero-order chi connectivity index (χ0) is 33.3. The van der Waals surface area contributed by atoms with E-state index in [1.165, 1.54) is 0 Å². The first-order valence-electron chi connectivity index (χ1n) is 16.2. The van der Waals surface area contributed by atoms with Crippen molar-refractivity contribution >= 4 is 22.5 Å². The van der Waals surface area contributed by atoms with Crippen LogP contribution >= 0.6 is 0 Å². The Bertz CT molecular complexity index is 1860. The van der Waals surface area contributed by atoms with Gasteiger partial charge in [-0.05, 0) is 37.8 Å². The van der Waals surface area contributed by atoms with Gasteiger partial charge in [0.1, 0.15) is 36.5 Å². The molecule has 0 saturated carbocycles. The van der Waals surface area contributed by atoms with Crippen LogP contribution in [0.3, 0.4) is 0 Å². The average Bonchev–Trinajstić information content (AvgIpc) is 3.59. The van der Waals surface area contributed by atoms with Crippen molar-refractivity contribution in [2.45, 2.75) is 68.6 Å². The van der Waals surface area contributed by atoms with Crippen LogP contribution in [0.25, 0.3) is 22.2 Å². The normalized spacial score (nSPS) is 30.3. The maximum Gasteiger partial charge on any atom is 0.418 e. The second-order valence-electron chi connectivity index (χ2n) is 14.4. The SMILES string of the molecule is Cc1cc(N)nc(-c2c(F)c3c4c(nc(OC[C@]56C[C@@H](F)CN5CC5(COC5)C6)nc4c2F)N2CC4CCC(N4)C2CO3)c1C(F)(F)F. The van der Waals surface area contributed by atoms with E-state index in [9.17, 15) is 17.6 Å². The van der Waals surface area contributed by atoms with Crippen molar-refractivity contribution < 1.29 is 40.6 Å². The lowest BCUT2D eigenvalue weighted by atomic mass is 9.78. The molecule has 0 radical (unpaired) electrons. The van der Waals surface area contributed by atoms with Gasteiger partial charge in [0.25, 0.3) is 0 Å². The first-order valence-corrected chi connectivity index (χ1v) is 16.2. The van der Waals surface area contributed by atoms with Gasteiger partial charge in [0.05, 0.1) is 47.0 Å². The minimum atomic E-state index is -5.01. The number of halogens is 6. The number of nitrogen functional groups attached to an aromatic ring is 1. The van der Waals surface area contributed by atoms with Crippen molar-refractivity contribution in [1.29, 1.82) is 0 Å². The lowest BCUT2D eigenvalue weighted by Gasteiger charge is -2.40. The van der Waals surface area contributed by atoms with Gasteiger partial charge in [0.15, 0.2) is 17.4 Å². The Morgan fingerprint density at radius 1 is 1.12 bits per heavy atom. The largest absolute Gasteiger partial charge is 0.487 e. The number of benzene rings is 1. The van der Waals surface area contributed by atoms with Crippen LogP contribution in [0.1, 0.15) is 36.8 Å². The fourth-order valence-corrected chi connectivity index (χ4v) is 9.19. The van der Waals surface area contributed by atoms with Crippen molar-refractivity contribution in [3.05, 3.63) is 28.8 Å². The van der Waals surface area contributed by atoms with Crippen LogP contribution in [-0.2, 0) is 10.9 Å². The Hall–Kier alpha value is -3.63. The van der Waals surface area contributed by atoms with Gasteiger partial charge in [0.2, 0.25) is 0 Å². The molecule has 1 spiro atoms. The van der Waals surface area contributed by atoms with Gasteiger partial charge >= 0.3 is 12.2 Å². The van der Waals surface area contributed by atoms with Gasteiger partial charge in [-0.1, -0.05) is 0 Å². The van der Waals surface area contributed by atoms with E-state index in [1.54, 1.807) is 0 Å². The molecule has 3 unspecified atom stereocenters. The van der Waals surface area contributed by atoms with E-state index in [0.717, 1.165) is 25.8 Å². The monoisotopic (exact) mass is 677 g/mol. The molecule has 9 rings (SSSR count). The number of anilines is 2. The maximum atomic E-state index is 16.8. The van der Waals surface area contributed by atoms with Crippen LogP contribution in [0.4, 0.5) is 38.0 Å². The third-order valence-electron chi connectivity index (χ3n) is 11.1. The highest BCUT2D eigenvalue weighted by Gasteiger charge is 2.61. The van der Waals surface area contributed by atoms with Crippen LogP contribution in [0.5, 0.6) is 11.8 Å². The summed E-state index contributed by atoms with van der Waals surface area (Å²) in [6, 6.07) is 0.466. The molecule has 6 aliphatic heterocycles.